The van der Waals surface area contributed by atoms with Gasteiger partial charge in [-0.3, -0.25) is 0 Å². The van der Waals surface area contributed by atoms with Crippen LogP contribution in [0, 0.1) is 11.3 Å². The van der Waals surface area contributed by atoms with Crippen molar-refractivity contribution in [1.82, 2.24) is 5.32 Å². The van der Waals surface area contributed by atoms with E-state index in [2.05, 4.69) is 15.4 Å². The third-order valence-electron chi connectivity index (χ3n) is 3.40. The van der Waals surface area contributed by atoms with Gasteiger partial charge in [-0.1, -0.05) is 30.3 Å². The van der Waals surface area contributed by atoms with Crippen LogP contribution in [0.15, 0.2) is 48.5 Å². The molecule has 0 aliphatic carbocycles. The number of ether oxygens (including phenoxy) is 1. The van der Waals surface area contributed by atoms with Crippen molar-refractivity contribution in [3.8, 4) is 11.8 Å². The molecule has 0 aliphatic rings. The van der Waals surface area contributed by atoms with Crippen LogP contribution in [-0.2, 0) is 0 Å². The number of urea groups is 1. The van der Waals surface area contributed by atoms with Crippen LogP contribution in [0.25, 0.3) is 0 Å². The summed E-state index contributed by atoms with van der Waals surface area (Å²) in [7, 11) is 0. The van der Waals surface area contributed by atoms with E-state index in [1.54, 1.807) is 6.07 Å². The molecule has 1 unspecified atom stereocenters. The first-order valence-corrected chi connectivity index (χ1v) is 7.64. The van der Waals surface area contributed by atoms with Crippen molar-refractivity contribution in [3.63, 3.8) is 0 Å². The van der Waals surface area contributed by atoms with E-state index in [4.69, 9.17) is 5.26 Å². The molecule has 0 heterocycles. The number of nitriles is 1. The van der Waals surface area contributed by atoms with Gasteiger partial charge in [0.15, 0.2) is 6.61 Å². The Bertz CT molecular complexity index is 802. The van der Waals surface area contributed by atoms with Crippen LogP contribution < -0.4 is 15.4 Å². The average Bonchev–Trinajstić information content (AvgIpc) is 2.60. The van der Waals surface area contributed by atoms with Gasteiger partial charge in [0.1, 0.15) is 11.8 Å². The van der Waals surface area contributed by atoms with Crippen LogP contribution in [0.5, 0.6) is 5.75 Å². The molecule has 0 saturated heterocycles. The van der Waals surface area contributed by atoms with Crippen LogP contribution in [0.4, 0.5) is 23.7 Å². The lowest BCUT2D eigenvalue weighted by Gasteiger charge is -2.16. The molecule has 2 aromatic carbocycles. The van der Waals surface area contributed by atoms with Crippen molar-refractivity contribution in [2.45, 2.75) is 19.1 Å². The summed E-state index contributed by atoms with van der Waals surface area (Å²) in [6, 6.07) is 14.1. The maximum Gasteiger partial charge on any atom is 0.422 e. The Balaban J connectivity index is 2.01. The molecule has 8 heteroatoms. The molecular formula is C18H16F3N3O2. The fourth-order valence-electron chi connectivity index (χ4n) is 2.17. The van der Waals surface area contributed by atoms with Crippen LogP contribution in [0.1, 0.15) is 24.1 Å². The van der Waals surface area contributed by atoms with Crippen LogP contribution in [0.2, 0.25) is 0 Å². The molecule has 2 rings (SSSR count). The average molecular weight is 363 g/mol. The number of rotatable bonds is 5. The SMILES string of the molecule is CC(NC(=O)Nc1ccc(OCC(F)(F)F)c(C#N)c1)c1ccccc1. The summed E-state index contributed by atoms with van der Waals surface area (Å²) < 4.78 is 41.2. The number of hydrogen-bond donors (Lipinski definition) is 2. The van der Waals surface area contributed by atoms with Gasteiger partial charge in [0.25, 0.3) is 0 Å². The zero-order valence-electron chi connectivity index (χ0n) is 13.8. The molecule has 0 spiro atoms. The van der Waals surface area contributed by atoms with Gasteiger partial charge in [-0.25, -0.2) is 4.79 Å². The lowest BCUT2D eigenvalue weighted by molar-refractivity contribution is -0.153. The molecule has 0 fully saturated rings. The minimum atomic E-state index is -4.50. The zero-order chi connectivity index (χ0) is 19.2. The van der Waals surface area contributed by atoms with E-state index in [0.29, 0.717) is 0 Å². The van der Waals surface area contributed by atoms with Gasteiger partial charge in [0.05, 0.1) is 11.6 Å². The Morgan fingerprint density at radius 2 is 1.92 bits per heavy atom. The summed E-state index contributed by atoms with van der Waals surface area (Å²) in [5.74, 6) is -0.201. The first-order chi connectivity index (χ1) is 12.3. The molecule has 2 N–H and O–H groups in total. The predicted octanol–water partition coefficient (Wildman–Crippen LogP) is 4.38. The summed E-state index contributed by atoms with van der Waals surface area (Å²) in [5, 5.41) is 14.3. The number of benzene rings is 2. The summed E-state index contributed by atoms with van der Waals surface area (Å²) in [6.07, 6.45) is -4.50. The lowest BCUT2D eigenvalue weighted by Crippen LogP contribution is -2.31. The molecule has 0 aromatic heterocycles. The van der Waals surface area contributed by atoms with Crippen molar-refractivity contribution in [2.75, 3.05) is 11.9 Å². The predicted molar refractivity (Wildman–Crippen MR) is 89.7 cm³/mol. The highest BCUT2D eigenvalue weighted by Gasteiger charge is 2.28. The molecule has 0 saturated carbocycles. The molecule has 0 bridgehead atoms. The van der Waals surface area contributed by atoms with Crippen molar-refractivity contribution in [1.29, 1.82) is 5.26 Å². The molecule has 2 aromatic rings. The number of carbonyl (C=O) groups is 1. The minimum Gasteiger partial charge on any atom is -0.483 e. The molecule has 5 nitrogen and oxygen atoms in total. The number of nitrogens with zero attached hydrogens (tertiary/aromatic N) is 1. The van der Waals surface area contributed by atoms with E-state index >= 15 is 0 Å². The second-order valence-electron chi connectivity index (χ2n) is 5.46. The van der Waals surface area contributed by atoms with Crippen LogP contribution in [-0.4, -0.2) is 18.8 Å². The number of halogens is 3. The van der Waals surface area contributed by atoms with Crippen LogP contribution >= 0.6 is 0 Å². The van der Waals surface area contributed by atoms with Crippen molar-refractivity contribution in [2.24, 2.45) is 0 Å². The van der Waals surface area contributed by atoms with E-state index in [9.17, 15) is 18.0 Å². The Labute approximate surface area is 148 Å². The van der Waals surface area contributed by atoms with Gasteiger partial charge >= 0.3 is 12.2 Å². The smallest absolute Gasteiger partial charge is 0.422 e. The number of carbonyl (C=O) groups excluding carboxylic acids is 1. The third kappa shape index (κ3) is 5.70. The number of alkyl halides is 3. The Kier molecular flexibility index (Phi) is 6.07. The summed E-state index contributed by atoms with van der Waals surface area (Å²) in [4.78, 5) is 12.1. The van der Waals surface area contributed by atoms with Gasteiger partial charge in [-0.15, -0.1) is 0 Å². The third-order valence-corrected chi connectivity index (χ3v) is 3.40. The highest BCUT2D eigenvalue weighted by molar-refractivity contribution is 5.89. The largest absolute Gasteiger partial charge is 0.483 e. The highest BCUT2D eigenvalue weighted by Crippen LogP contribution is 2.25. The second kappa shape index (κ2) is 8.25. The van der Waals surface area contributed by atoms with E-state index in [1.807, 2.05) is 37.3 Å². The maximum atomic E-state index is 12.2. The highest BCUT2D eigenvalue weighted by atomic mass is 19.4. The maximum absolute atomic E-state index is 12.2. The van der Waals surface area contributed by atoms with Gasteiger partial charge in [-0.05, 0) is 30.7 Å². The summed E-state index contributed by atoms with van der Waals surface area (Å²) in [6.45, 7) is 0.313. The van der Waals surface area contributed by atoms with E-state index in [-0.39, 0.29) is 23.0 Å². The molecular weight excluding hydrogens is 347 g/mol. The number of nitrogens with one attached hydrogen (secondary N) is 2. The summed E-state index contributed by atoms with van der Waals surface area (Å²) >= 11 is 0. The quantitative estimate of drug-likeness (QED) is 0.828. The number of hydrogen-bond acceptors (Lipinski definition) is 3. The summed E-state index contributed by atoms with van der Waals surface area (Å²) in [5.41, 5.74) is 1.07. The first kappa shape index (κ1) is 19.1. The standard InChI is InChI=1S/C18H16F3N3O2/c1-12(13-5-3-2-4-6-13)23-17(25)24-15-7-8-16(14(9-15)10-22)26-11-18(19,20)21/h2-9,12H,11H2,1H3,(H2,23,24,25). The van der Waals surface area contributed by atoms with E-state index < -0.39 is 18.8 Å². The van der Waals surface area contributed by atoms with E-state index in [0.717, 1.165) is 5.56 Å². The van der Waals surface area contributed by atoms with E-state index in [1.165, 1.54) is 18.2 Å². The van der Waals surface area contributed by atoms with Crippen molar-refractivity contribution >= 4 is 11.7 Å². The Morgan fingerprint density at radius 1 is 1.23 bits per heavy atom. The monoisotopic (exact) mass is 363 g/mol. The minimum absolute atomic E-state index is 0.108. The second-order valence-corrected chi connectivity index (χ2v) is 5.46. The van der Waals surface area contributed by atoms with Gasteiger partial charge in [0, 0.05) is 5.69 Å². The van der Waals surface area contributed by atoms with Gasteiger partial charge in [-0.2, -0.15) is 18.4 Å². The molecule has 136 valence electrons. The fraction of sp³-hybridized carbons (Fsp3) is 0.222. The fourth-order valence-corrected chi connectivity index (χ4v) is 2.17. The molecule has 0 radical (unpaired) electrons. The molecule has 26 heavy (non-hydrogen) atoms. The van der Waals surface area contributed by atoms with Gasteiger partial charge < -0.3 is 15.4 Å². The first-order valence-electron chi connectivity index (χ1n) is 7.64. The zero-order valence-corrected chi connectivity index (χ0v) is 13.8. The topological polar surface area (TPSA) is 74.2 Å². The van der Waals surface area contributed by atoms with Crippen LogP contribution in [0.3, 0.4) is 0 Å². The normalized spacial score (nSPS) is 12.0. The molecule has 1 atom stereocenters. The molecule has 0 aliphatic heterocycles. The van der Waals surface area contributed by atoms with Gasteiger partial charge in [0.2, 0.25) is 0 Å². The Hall–Kier alpha value is -3.21. The lowest BCUT2D eigenvalue weighted by atomic mass is 10.1. The number of amides is 2. The van der Waals surface area contributed by atoms with Crippen molar-refractivity contribution < 1.29 is 22.7 Å². The number of anilines is 1. The van der Waals surface area contributed by atoms with Crippen molar-refractivity contribution in [3.05, 3.63) is 59.7 Å². The molecule has 2 amide bonds. The Morgan fingerprint density at radius 3 is 2.54 bits per heavy atom.